The summed E-state index contributed by atoms with van der Waals surface area (Å²) < 4.78 is 80.4. The fourth-order valence-corrected chi connectivity index (χ4v) is 5.18. The molecule has 0 bridgehead atoms. The summed E-state index contributed by atoms with van der Waals surface area (Å²) in [5, 5.41) is 22.6. The van der Waals surface area contributed by atoms with Crippen molar-refractivity contribution >= 4 is 23.6 Å². The summed E-state index contributed by atoms with van der Waals surface area (Å²) in [5.74, 6) is -1.80. The normalized spacial score (nSPS) is 18.3. The van der Waals surface area contributed by atoms with Gasteiger partial charge in [-0.05, 0) is 72.9 Å². The van der Waals surface area contributed by atoms with Gasteiger partial charge < -0.3 is 25.7 Å². The first-order valence-electron chi connectivity index (χ1n) is 13.9. The van der Waals surface area contributed by atoms with Crippen LogP contribution in [-0.2, 0) is 23.7 Å². The molecule has 4 N–H and O–H groups in total. The fourth-order valence-electron chi connectivity index (χ4n) is 5.18. The lowest BCUT2D eigenvalue weighted by atomic mass is 9.71. The lowest BCUT2D eigenvalue weighted by Crippen LogP contribution is -2.45. The van der Waals surface area contributed by atoms with Crippen LogP contribution in [0.2, 0.25) is 0 Å². The summed E-state index contributed by atoms with van der Waals surface area (Å²) >= 11 is 0. The van der Waals surface area contributed by atoms with Crippen LogP contribution in [-0.4, -0.2) is 51.7 Å². The number of rotatable bonds is 8. The Labute approximate surface area is 250 Å². The van der Waals surface area contributed by atoms with Crippen molar-refractivity contribution < 1.29 is 50.9 Å². The number of anilines is 1. The molecule has 0 radical (unpaired) electrons. The minimum atomic E-state index is -5.08. The average molecular weight is 632 g/mol. The Morgan fingerprint density at radius 3 is 1.86 bits per heavy atom. The molecule has 2 aromatic rings. The molecule has 0 aliphatic heterocycles. The zero-order valence-corrected chi connectivity index (χ0v) is 24.4. The summed E-state index contributed by atoms with van der Waals surface area (Å²) in [6.07, 6.45) is -9.28. The van der Waals surface area contributed by atoms with Crippen molar-refractivity contribution in [3.8, 4) is 0 Å². The van der Waals surface area contributed by atoms with Gasteiger partial charge in [0.15, 0.2) is 6.10 Å². The van der Waals surface area contributed by atoms with E-state index in [1.165, 1.54) is 29.2 Å². The number of amides is 3. The van der Waals surface area contributed by atoms with E-state index in [-0.39, 0.29) is 29.6 Å². The third-order valence-corrected chi connectivity index (χ3v) is 7.77. The maximum atomic E-state index is 13.5. The maximum absolute atomic E-state index is 13.5. The smallest absolute Gasteiger partial charge is 0.416 e. The van der Waals surface area contributed by atoms with Crippen molar-refractivity contribution in [2.45, 2.75) is 77.5 Å². The molecule has 1 saturated carbocycles. The second-order valence-corrected chi connectivity index (χ2v) is 12.0. The Morgan fingerprint density at radius 1 is 0.886 bits per heavy atom. The lowest BCUT2D eigenvalue weighted by Gasteiger charge is -2.41. The number of carboxylic acids is 1. The number of benzene rings is 2. The highest BCUT2D eigenvalue weighted by Gasteiger charge is 2.38. The molecule has 0 unspecified atom stereocenters. The molecule has 3 amide bonds. The van der Waals surface area contributed by atoms with Crippen molar-refractivity contribution in [1.82, 2.24) is 10.2 Å². The number of aliphatic hydroxyl groups is 1. The van der Waals surface area contributed by atoms with Gasteiger partial charge in [0.05, 0.1) is 17.7 Å². The molecule has 8 nitrogen and oxygen atoms in total. The van der Waals surface area contributed by atoms with Gasteiger partial charge in [0.25, 0.3) is 5.91 Å². The van der Waals surface area contributed by atoms with Gasteiger partial charge in [-0.15, -0.1) is 0 Å². The monoisotopic (exact) mass is 631 g/mol. The molecule has 0 heterocycles. The Kier molecular flexibility index (Phi) is 10.6. The Hall–Kier alpha value is -3.81. The Bertz CT molecular complexity index is 1300. The summed E-state index contributed by atoms with van der Waals surface area (Å²) in [6, 6.07) is 5.53. The van der Waals surface area contributed by atoms with Gasteiger partial charge in [0.1, 0.15) is 0 Å². The largest absolute Gasteiger partial charge is 0.479 e. The third kappa shape index (κ3) is 9.34. The van der Waals surface area contributed by atoms with Gasteiger partial charge in [-0.3, -0.25) is 4.79 Å². The van der Waals surface area contributed by atoms with Crippen LogP contribution < -0.4 is 10.6 Å². The van der Waals surface area contributed by atoms with Gasteiger partial charge in [-0.25, -0.2) is 9.59 Å². The van der Waals surface area contributed by atoms with Gasteiger partial charge in [0.2, 0.25) is 0 Å². The molecule has 1 aliphatic carbocycles. The number of nitrogens with zero attached hydrogens (tertiary/aromatic N) is 1. The van der Waals surface area contributed by atoms with Crippen molar-refractivity contribution in [1.29, 1.82) is 0 Å². The van der Waals surface area contributed by atoms with E-state index in [4.69, 9.17) is 5.11 Å². The average Bonchev–Trinajstić information content (AvgIpc) is 2.93. The second kappa shape index (κ2) is 13.4. The zero-order chi connectivity index (χ0) is 33.0. The van der Waals surface area contributed by atoms with E-state index < -0.39 is 59.7 Å². The molecule has 44 heavy (non-hydrogen) atoms. The molecule has 1 aliphatic rings. The van der Waals surface area contributed by atoms with Gasteiger partial charge in [-0.2, -0.15) is 26.3 Å². The molecule has 14 heteroatoms. The quantitative estimate of drug-likeness (QED) is 0.247. The number of aliphatic hydroxyl groups excluding tert-OH is 1. The molecule has 1 atom stereocenters. The first-order chi connectivity index (χ1) is 20.3. The van der Waals surface area contributed by atoms with Crippen molar-refractivity contribution in [2.24, 2.45) is 11.3 Å². The first-order valence-corrected chi connectivity index (χ1v) is 13.9. The van der Waals surface area contributed by atoms with Crippen LogP contribution in [0.25, 0.3) is 0 Å². The number of hydrogen-bond acceptors (Lipinski definition) is 4. The molecule has 242 valence electrons. The summed E-state index contributed by atoms with van der Waals surface area (Å²) in [7, 11) is 0. The SMILES string of the molecule is CC(C)(C)[C@H]1CC[C@H](N(Cc2ccc(C(=O)NC[C@H](O)C(=O)O)cc2)C(=O)Nc2cc(C(F)(F)F)cc(C(F)(F)F)c2)CC1. The third-order valence-electron chi connectivity index (χ3n) is 7.77. The van der Waals surface area contributed by atoms with Crippen LogP contribution in [0.5, 0.6) is 0 Å². The molecule has 1 fully saturated rings. The number of aliphatic carboxylic acids is 1. The number of urea groups is 1. The van der Waals surface area contributed by atoms with E-state index in [1.54, 1.807) is 0 Å². The van der Waals surface area contributed by atoms with Crippen LogP contribution in [0.1, 0.15) is 73.5 Å². The number of carbonyl (C=O) groups is 3. The maximum Gasteiger partial charge on any atom is 0.416 e. The number of carbonyl (C=O) groups excluding carboxylic acids is 2. The topological polar surface area (TPSA) is 119 Å². The predicted molar refractivity (Wildman–Crippen MR) is 149 cm³/mol. The highest BCUT2D eigenvalue weighted by Crippen LogP contribution is 2.40. The summed E-state index contributed by atoms with van der Waals surface area (Å²) in [5.41, 5.74) is -3.08. The Balaban J connectivity index is 1.86. The van der Waals surface area contributed by atoms with E-state index in [0.717, 1.165) is 12.8 Å². The van der Waals surface area contributed by atoms with Crippen molar-refractivity contribution in [3.05, 3.63) is 64.7 Å². The second-order valence-electron chi connectivity index (χ2n) is 12.0. The molecule has 0 spiro atoms. The molecule has 3 rings (SSSR count). The van der Waals surface area contributed by atoms with E-state index in [9.17, 15) is 45.8 Å². The van der Waals surface area contributed by atoms with Gasteiger partial charge in [-0.1, -0.05) is 32.9 Å². The van der Waals surface area contributed by atoms with E-state index in [1.807, 2.05) is 0 Å². The fraction of sp³-hybridized carbons (Fsp3) is 0.500. The lowest BCUT2D eigenvalue weighted by molar-refractivity contribution is -0.146. The highest BCUT2D eigenvalue weighted by atomic mass is 19.4. The number of nitrogens with one attached hydrogen (secondary N) is 2. The van der Waals surface area contributed by atoms with E-state index in [0.29, 0.717) is 36.5 Å². The standard InChI is InChI=1S/C30H35F6N3O5/c1-28(2,3)19-8-10-23(11-9-19)39(16-17-4-6-18(7-5-17)25(41)37-15-24(40)26(42)43)27(44)38-22-13-20(29(31,32)33)12-21(14-22)30(34,35)36/h4-7,12-14,19,23-24,40H,8-11,15-16H2,1-3H3,(H,37,41)(H,38,44)(H,42,43)/t19-,23-,24-/m0/s1. The zero-order valence-electron chi connectivity index (χ0n) is 24.4. The minimum absolute atomic E-state index is 0.0126. The summed E-state index contributed by atoms with van der Waals surface area (Å²) in [4.78, 5) is 38.0. The van der Waals surface area contributed by atoms with E-state index >= 15 is 0 Å². The van der Waals surface area contributed by atoms with Crippen LogP contribution in [0.4, 0.5) is 36.8 Å². The predicted octanol–water partition coefficient (Wildman–Crippen LogP) is 6.54. The molecule has 0 aromatic heterocycles. The highest BCUT2D eigenvalue weighted by molar-refractivity contribution is 5.94. The van der Waals surface area contributed by atoms with Crippen LogP contribution in [0.3, 0.4) is 0 Å². The summed E-state index contributed by atoms with van der Waals surface area (Å²) in [6.45, 7) is 5.74. The van der Waals surface area contributed by atoms with Gasteiger partial charge >= 0.3 is 24.4 Å². The van der Waals surface area contributed by atoms with Gasteiger partial charge in [0, 0.05) is 23.8 Å². The number of halogens is 6. The van der Waals surface area contributed by atoms with Crippen molar-refractivity contribution in [2.75, 3.05) is 11.9 Å². The first kappa shape index (κ1) is 34.7. The molecular weight excluding hydrogens is 596 g/mol. The number of alkyl halides is 6. The van der Waals surface area contributed by atoms with E-state index in [2.05, 4.69) is 31.4 Å². The van der Waals surface area contributed by atoms with Crippen LogP contribution in [0.15, 0.2) is 42.5 Å². The number of hydrogen-bond donors (Lipinski definition) is 4. The van der Waals surface area contributed by atoms with Crippen LogP contribution in [0, 0.1) is 11.3 Å². The molecule has 0 saturated heterocycles. The minimum Gasteiger partial charge on any atom is -0.479 e. The van der Waals surface area contributed by atoms with Crippen LogP contribution >= 0.6 is 0 Å². The molecular formula is C30H35F6N3O5. The molecule has 2 aromatic carbocycles. The van der Waals surface area contributed by atoms with Crippen molar-refractivity contribution in [3.63, 3.8) is 0 Å². The number of carboxylic acid groups (broad SMARTS) is 1. The Morgan fingerprint density at radius 2 is 1.41 bits per heavy atom.